The van der Waals surface area contributed by atoms with Gasteiger partial charge in [-0.1, -0.05) is 12.8 Å². The number of unbranched alkanes of at least 4 members (excludes halogenated alkanes) is 3. The normalized spacial score (nSPS) is 21.6. The Balaban J connectivity index is 1.75. The third-order valence-electron chi connectivity index (χ3n) is 2.77. The molecule has 0 bridgehead atoms. The summed E-state index contributed by atoms with van der Waals surface area (Å²) < 4.78 is 0. The molecular formula is C11H24N2S. The van der Waals surface area contributed by atoms with E-state index >= 15 is 0 Å². The highest BCUT2D eigenvalue weighted by atomic mass is 32.2. The summed E-state index contributed by atoms with van der Waals surface area (Å²) in [6.07, 6.45) is 9.05. The lowest BCUT2D eigenvalue weighted by atomic mass is 10.2. The van der Waals surface area contributed by atoms with Crippen LogP contribution < -0.4 is 10.6 Å². The molecule has 1 saturated heterocycles. The Bertz CT molecular complexity index is 124. The molecule has 0 aromatic carbocycles. The van der Waals surface area contributed by atoms with Gasteiger partial charge in [-0.25, -0.2) is 0 Å². The van der Waals surface area contributed by atoms with Gasteiger partial charge in [0.2, 0.25) is 0 Å². The van der Waals surface area contributed by atoms with Crippen molar-refractivity contribution in [2.24, 2.45) is 0 Å². The van der Waals surface area contributed by atoms with Crippen molar-refractivity contribution in [3.63, 3.8) is 0 Å². The van der Waals surface area contributed by atoms with Crippen molar-refractivity contribution in [2.45, 2.75) is 38.1 Å². The molecule has 0 amide bonds. The SMILES string of the molecule is CSCCCCCCNC1CCNC1. The van der Waals surface area contributed by atoms with E-state index in [1.54, 1.807) is 0 Å². The van der Waals surface area contributed by atoms with Gasteiger partial charge in [0.15, 0.2) is 0 Å². The van der Waals surface area contributed by atoms with E-state index in [9.17, 15) is 0 Å². The predicted octanol–water partition coefficient (Wildman–Crippen LogP) is 1.86. The lowest BCUT2D eigenvalue weighted by molar-refractivity contribution is 0.519. The Morgan fingerprint density at radius 2 is 2.14 bits per heavy atom. The lowest BCUT2D eigenvalue weighted by Gasteiger charge is -2.10. The molecular weight excluding hydrogens is 192 g/mol. The van der Waals surface area contributed by atoms with Crippen LogP contribution in [0.3, 0.4) is 0 Å². The summed E-state index contributed by atoms with van der Waals surface area (Å²) in [7, 11) is 0. The van der Waals surface area contributed by atoms with E-state index in [0.29, 0.717) is 0 Å². The monoisotopic (exact) mass is 216 g/mol. The first-order chi connectivity index (χ1) is 6.93. The summed E-state index contributed by atoms with van der Waals surface area (Å²) >= 11 is 1.96. The van der Waals surface area contributed by atoms with Crippen molar-refractivity contribution < 1.29 is 0 Å². The maximum atomic E-state index is 3.60. The van der Waals surface area contributed by atoms with Gasteiger partial charge in [-0.2, -0.15) is 11.8 Å². The van der Waals surface area contributed by atoms with Crippen molar-refractivity contribution in [3.8, 4) is 0 Å². The smallest absolute Gasteiger partial charge is 0.0204 e. The van der Waals surface area contributed by atoms with E-state index in [0.717, 1.165) is 6.04 Å². The van der Waals surface area contributed by atoms with Gasteiger partial charge in [0.1, 0.15) is 0 Å². The van der Waals surface area contributed by atoms with Crippen molar-refractivity contribution >= 4 is 11.8 Å². The second-order valence-corrected chi connectivity index (χ2v) is 5.04. The number of hydrogen-bond donors (Lipinski definition) is 2. The Kier molecular flexibility index (Phi) is 7.55. The average molecular weight is 216 g/mol. The van der Waals surface area contributed by atoms with Crippen molar-refractivity contribution in [1.29, 1.82) is 0 Å². The number of rotatable bonds is 8. The highest BCUT2D eigenvalue weighted by molar-refractivity contribution is 7.98. The minimum Gasteiger partial charge on any atom is -0.315 e. The summed E-state index contributed by atoms with van der Waals surface area (Å²) in [6, 6.07) is 0.751. The summed E-state index contributed by atoms with van der Waals surface area (Å²) in [5.41, 5.74) is 0. The predicted molar refractivity (Wildman–Crippen MR) is 66.1 cm³/mol. The summed E-state index contributed by atoms with van der Waals surface area (Å²) in [6.45, 7) is 3.59. The minimum atomic E-state index is 0.751. The van der Waals surface area contributed by atoms with Crippen LogP contribution in [0.5, 0.6) is 0 Å². The molecule has 1 aliphatic heterocycles. The Labute approximate surface area is 92.6 Å². The molecule has 0 saturated carbocycles. The molecule has 0 aromatic heterocycles. The molecule has 1 fully saturated rings. The first kappa shape index (κ1) is 12.3. The molecule has 0 radical (unpaired) electrons. The zero-order valence-electron chi connectivity index (χ0n) is 9.35. The van der Waals surface area contributed by atoms with Crippen molar-refractivity contribution in [3.05, 3.63) is 0 Å². The topological polar surface area (TPSA) is 24.1 Å². The molecule has 2 nitrogen and oxygen atoms in total. The number of hydrogen-bond acceptors (Lipinski definition) is 3. The van der Waals surface area contributed by atoms with Crippen LogP contribution in [0.2, 0.25) is 0 Å². The van der Waals surface area contributed by atoms with E-state index in [4.69, 9.17) is 0 Å². The fourth-order valence-corrected chi connectivity index (χ4v) is 2.35. The first-order valence-electron chi connectivity index (χ1n) is 5.86. The maximum absolute atomic E-state index is 3.60. The summed E-state index contributed by atoms with van der Waals surface area (Å²) in [5.74, 6) is 1.33. The van der Waals surface area contributed by atoms with Gasteiger partial charge in [0, 0.05) is 12.6 Å². The van der Waals surface area contributed by atoms with E-state index in [1.807, 2.05) is 11.8 Å². The Morgan fingerprint density at radius 3 is 2.86 bits per heavy atom. The molecule has 2 N–H and O–H groups in total. The first-order valence-corrected chi connectivity index (χ1v) is 7.26. The van der Waals surface area contributed by atoms with Crippen LogP contribution in [0.1, 0.15) is 32.1 Å². The zero-order valence-corrected chi connectivity index (χ0v) is 10.2. The Hall–Kier alpha value is 0.270. The number of thioether (sulfide) groups is 1. The van der Waals surface area contributed by atoms with Crippen LogP contribution >= 0.6 is 11.8 Å². The quantitative estimate of drug-likeness (QED) is 0.606. The van der Waals surface area contributed by atoms with Crippen LogP contribution in [0, 0.1) is 0 Å². The van der Waals surface area contributed by atoms with Gasteiger partial charge in [-0.15, -0.1) is 0 Å². The average Bonchev–Trinajstić information content (AvgIpc) is 2.69. The second kappa shape index (κ2) is 8.57. The van der Waals surface area contributed by atoms with E-state index < -0.39 is 0 Å². The van der Waals surface area contributed by atoms with Crippen LogP contribution in [0.4, 0.5) is 0 Å². The van der Waals surface area contributed by atoms with Crippen molar-refractivity contribution in [1.82, 2.24) is 10.6 Å². The molecule has 1 heterocycles. The molecule has 1 atom stereocenters. The van der Waals surface area contributed by atoms with Crippen LogP contribution in [0.25, 0.3) is 0 Å². The molecule has 84 valence electrons. The second-order valence-electron chi connectivity index (χ2n) is 4.05. The molecule has 1 rings (SSSR count). The van der Waals surface area contributed by atoms with Gasteiger partial charge >= 0.3 is 0 Å². The fourth-order valence-electron chi connectivity index (χ4n) is 1.86. The van der Waals surface area contributed by atoms with Crippen LogP contribution in [-0.2, 0) is 0 Å². The van der Waals surface area contributed by atoms with E-state index in [1.165, 1.54) is 57.5 Å². The number of nitrogens with one attached hydrogen (secondary N) is 2. The van der Waals surface area contributed by atoms with Gasteiger partial charge in [-0.05, 0) is 44.4 Å². The minimum absolute atomic E-state index is 0.751. The van der Waals surface area contributed by atoms with Gasteiger partial charge < -0.3 is 10.6 Å². The molecule has 14 heavy (non-hydrogen) atoms. The molecule has 0 aliphatic carbocycles. The van der Waals surface area contributed by atoms with E-state index in [2.05, 4.69) is 16.9 Å². The van der Waals surface area contributed by atoms with Gasteiger partial charge in [-0.3, -0.25) is 0 Å². The van der Waals surface area contributed by atoms with Crippen LogP contribution in [-0.4, -0.2) is 37.7 Å². The van der Waals surface area contributed by atoms with Crippen LogP contribution in [0.15, 0.2) is 0 Å². The van der Waals surface area contributed by atoms with E-state index in [-0.39, 0.29) is 0 Å². The molecule has 1 unspecified atom stereocenters. The van der Waals surface area contributed by atoms with Gasteiger partial charge in [0.25, 0.3) is 0 Å². The summed E-state index contributed by atoms with van der Waals surface area (Å²) in [5, 5.41) is 6.98. The molecule has 0 spiro atoms. The molecule has 0 aromatic rings. The fraction of sp³-hybridized carbons (Fsp3) is 1.00. The summed E-state index contributed by atoms with van der Waals surface area (Å²) in [4.78, 5) is 0. The third kappa shape index (κ3) is 5.89. The standard InChI is InChI=1S/C11H24N2S/c1-14-9-5-3-2-4-7-13-11-6-8-12-10-11/h11-13H,2-10H2,1H3. The molecule has 1 aliphatic rings. The molecule has 3 heteroatoms. The van der Waals surface area contributed by atoms with Gasteiger partial charge in [0.05, 0.1) is 0 Å². The largest absolute Gasteiger partial charge is 0.315 e. The zero-order chi connectivity index (χ0) is 10.1. The maximum Gasteiger partial charge on any atom is 0.0204 e. The third-order valence-corrected chi connectivity index (χ3v) is 3.47. The van der Waals surface area contributed by atoms with Crippen molar-refractivity contribution in [2.75, 3.05) is 31.6 Å². The Morgan fingerprint density at radius 1 is 1.29 bits per heavy atom. The highest BCUT2D eigenvalue weighted by Crippen LogP contribution is 2.04. The lowest BCUT2D eigenvalue weighted by Crippen LogP contribution is -2.31. The highest BCUT2D eigenvalue weighted by Gasteiger charge is 2.12.